The number of carbonyl (C=O) groups excluding carboxylic acids is 3. The first-order chi connectivity index (χ1) is 17.4. The van der Waals surface area contributed by atoms with E-state index in [0.717, 1.165) is 22.3 Å². The van der Waals surface area contributed by atoms with E-state index in [4.69, 9.17) is 4.74 Å². The molecule has 2 fully saturated rings. The van der Waals surface area contributed by atoms with E-state index in [-0.39, 0.29) is 17.6 Å². The van der Waals surface area contributed by atoms with Crippen molar-refractivity contribution in [3.05, 3.63) is 96.1 Å². The summed E-state index contributed by atoms with van der Waals surface area (Å²) in [7, 11) is 1.57. The number of allylic oxidation sites excluding steroid dienone is 2. The van der Waals surface area contributed by atoms with E-state index in [1.807, 2.05) is 74.5 Å². The SMILES string of the molecule is CC[C@@]12C(=O)[C@@](C)(C(c3ccccc3)=C1c1ccccc1)[C@H]1C(=O)N(c3ccc(OC)cc3)C(=O)[C@H]12. The number of methoxy groups -OCH3 is 1. The molecular formula is C31H27NO4. The molecule has 2 aliphatic carbocycles. The zero-order valence-electron chi connectivity index (χ0n) is 20.5. The van der Waals surface area contributed by atoms with Gasteiger partial charge in [0.2, 0.25) is 11.8 Å². The van der Waals surface area contributed by atoms with Gasteiger partial charge in [-0.05, 0) is 59.9 Å². The molecule has 180 valence electrons. The fourth-order valence-corrected chi connectivity index (χ4v) is 7.11. The van der Waals surface area contributed by atoms with Crippen molar-refractivity contribution < 1.29 is 19.1 Å². The van der Waals surface area contributed by atoms with Gasteiger partial charge in [-0.1, -0.05) is 67.6 Å². The monoisotopic (exact) mass is 477 g/mol. The fourth-order valence-electron chi connectivity index (χ4n) is 7.11. The van der Waals surface area contributed by atoms with Gasteiger partial charge < -0.3 is 4.74 Å². The van der Waals surface area contributed by atoms with Gasteiger partial charge in [0.05, 0.1) is 35.5 Å². The maximum Gasteiger partial charge on any atom is 0.239 e. The minimum absolute atomic E-state index is 0.0127. The molecule has 5 heteroatoms. The molecule has 0 unspecified atom stereocenters. The topological polar surface area (TPSA) is 63.7 Å². The Morgan fingerprint density at radius 3 is 1.81 bits per heavy atom. The third-order valence-corrected chi connectivity index (χ3v) is 8.56. The molecule has 3 aromatic rings. The first kappa shape index (κ1) is 22.5. The Balaban J connectivity index is 1.61. The number of fused-ring (bicyclic) bond motifs is 5. The van der Waals surface area contributed by atoms with E-state index in [1.165, 1.54) is 4.90 Å². The van der Waals surface area contributed by atoms with E-state index in [0.29, 0.717) is 17.9 Å². The number of amides is 2. The predicted octanol–water partition coefficient (Wildman–Crippen LogP) is 5.41. The van der Waals surface area contributed by atoms with E-state index < -0.39 is 22.7 Å². The summed E-state index contributed by atoms with van der Waals surface area (Å²) in [6, 6.07) is 26.6. The fraction of sp³-hybridized carbons (Fsp3) is 0.258. The highest BCUT2D eigenvalue weighted by Gasteiger charge is 2.79. The Labute approximate surface area is 210 Å². The van der Waals surface area contributed by atoms with Gasteiger partial charge in [0.25, 0.3) is 0 Å². The number of anilines is 1. The summed E-state index contributed by atoms with van der Waals surface area (Å²) in [6.45, 7) is 3.84. The van der Waals surface area contributed by atoms with Crippen molar-refractivity contribution in [3.8, 4) is 5.75 Å². The number of ketones is 1. The molecule has 36 heavy (non-hydrogen) atoms. The minimum Gasteiger partial charge on any atom is -0.497 e. The third-order valence-electron chi connectivity index (χ3n) is 8.56. The van der Waals surface area contributed by atoms with Gasteiger partial charge in [-0.3, -0.25) is 14.4 Å². The van der Waals surface area contributed by atoms with Crippen molar-refractivity contribution in [1.82, 2.24) is 0 Å². The molecule has 0 radical (unpaired) electrons. The van der Waals surface area contributed by atoms with Gasteiger partial charge in [0.1, 0.15) is 5.75 Å². The Morgan fingerprint density at radius 1 is 0.750 bits per heavy atom. The number of hydrogen-bond acceptors (Lipinski definition) is 4. The van der Waals surface area contributed by atoms with Crippen LogP contribution in [0.1, 0.15) is 31.4 Å². The summed E-state index contributed by atoms with van der Waals surface area (Å²) in [4.78, 5) is 43.9. The lowest BCUT2D eigenvalue weighted by Crippen LogP contribution is -2.41. The van der Waals surface area contributed by atoms with Crippen LogP contribution in [0.2, 0.25) is 0 Å². The quantitative estimate of drug-likeness (QED) is 0.461. The van der Waals surface area contributed by atoms with Crippen molar-refractivity contribution in [3.63, 3.8) is 0 Å². The second kappa shape index (κ2) is 7.76. The largest absolute Gasteiger partial charge is 0.497 e. The number of nitrogens with zero attached hydrogens (tertiary/aromatic N) is 1. The van der Waals surface area contributed by atoms with Crippen LogP contribution in [0.25, 0.3) is 11.1 Å². The smallest absolute Gasteiger partial charge is 0.239 e. The van der Waals surface area contributed by atoms with Gasteiger partial charge in [-0.15, -0.1) is 0 Å². The van der Waals surface area contributed by atoms with Crippen LogP contribution in [-0.2, 0) is 14.4 Å². The highest BCUT2D eigenvalue weighted by Crippen LogP contribution is 2.74. The van der Waals surface area contributed by atoms with Crippen LogP contribution in [0.15, 0.2) is 84.9 Å². The molecule has 1 aliphatic heterocycles. The Bertz CT molecular complexity index is 1430. The van der Waals surface area contributed by atoms with Crippen LogP contribution in [0.5, 0.6) is 5.75 Å². The van der Waals surface area contributed by atoms with Gasteiger partial charge in [0.15, 0.2) is 5.78 Å². The molecule has 3 aromatic carbocycles. The molecule has 1 heterocycles. The number of benzene rings is 3. The third kappa shape index (κ3) is 2.58. The summed E-state index contributed by atoms with van der Waals surface area (Å²) in [5, 5.41) is 0. The highest BCUT2D eigenvalue weighted by atomic mass is 16.5. The lowest BCUT2D eigenvalue weighted by atomic mass is 9.62. The average Bonchev–Trinajstić information content (AvgIpc) is 3.39. The van der Waals surface area contributed by atoms with Crippen molar-refractivity contribution in [2.45, 2.75) is 20.3 Å². The zero-order chi connectivity index (χ0) is 25.2. The zero-order valence-corrected chi connectivity index (χ0v) is 20.5. The van der Waals surface area contributed by atoms with E-state index >= 15 is 0 Å². The van der Waals surface area contributed by atoms with Crippen LogP contribution in [-0.4, -0.2) is 24.7 Å². The van der Waals surface area contributed by atoms with Gasteiger partial charge in [0, 0.05) is 0 Å². The van der Waals surface area contributed by atoms with Crippen LogP contribution in [0.3, 0.4) is 0 Å². The summed E-state index contributed by atoms with van der Waals surface area (Å²) < 4.78 is 5.25. The number of rotatable bonds is 5. The number of carbonyl (C=O) groups is 3. The number of hydrogen-bond donors (Lipinski definition) is 0. The van der Waals surface area contributed by atoms with E-state index in [1.54, 1.807) is 31.4 Å². The van der Waals surface area contributed by atoms with Gasteiger partial charge >= 0.3 is 0 Å². The van der Waals surface area contributed by atoms with Crippen LogP contribution in [0, 0.1) is 22.7 Å². The molecule has 0 spiro atoms. The molecule has 3 aliphatic rings. The summed E-state index contributed by atoms with van der Waals surface area (Å²) in [5.41, 5.74) is 1.94. The Morgan fingerprint density at radius 2 is 1.28 bits per heavy atom. The highest BCUT2D eigenvalue weighted by molar-refractivity contribution is 6.34. The maximum absolute atomic E-state index is 14.5. The van der Waals surface area contributed by atoms with Crippen molar-refractivity contribution in [2.24, 2.45) is 22.7 Å². The van der Waals surface area contributed by atoms with Gasteiger partial charge in [-0.25, -0.2) is 4.90 Å². The average molecular weight is 478 g/mol. The van der Waals surface area contributed by atoms with Crippen LogP contribution in [0.4, 0.5) is 5.69 Å². The molecule has 0 N–H and O–H groups in total. The summed E-state index contributed by atoms with van der Waals surface area (Å²) in [6.07, 6.45) is 0.443. The number of Topliss-reactive ketones (excluding diaryl/α,β-unsaturated/α-hetero) is 1. The molecule has 5 nitrogen and oxygen atoms in total. The number of ether oxygens (including phenoxy) is 1. The predicted molar refractivity (Wildman–Crippen MR) is 138 cm³/mol. The van der Waals surface area contributed by atoms with Crippen molar-refractivity contribution >= 4 is 34.4 Å². The van der Waals surface area contributed by atoms with Gasteiger partial charge in [-0.2, -0.15) is 0 Å². The van der Waals surface area contributed by atoms with E-state index in [2.05, 4.69) is 0 Å². The molecule has 4 atom stereocenters. The van der Waals surface area contributed by atoms with E-state index in [9.17, 15) is 14.4 Å². The molecule has 2 bridgehead atoms. The second-order valence-corrected chi connectivity index (χ2v) is 10.0. The normalized spacial score (nSPS) is 28.8. The molecule has 6 rings (SSSR count). The molecule has 2 amide bonds. The van der Waals surface area contributed by atoms with Crippen LogP contribution >= 0.6 is 0 Å². The molecule has 1 saturated heterocycles. The first-order valence-corrected chi connectivity index (χ1v) is 12.3. The number of imide groups is 1. The second-order valence-electron chi connectivity index (χ2n) is 10.0. The lowest BCUT2D eigenvalue weighted by molar-refractivity contribution is -0.134. The Kier molecular flexibility index (Phi) is 4.84. The summed E-state index contributed by atoms with van der Waals surface area (Å²) in [5.74, 6) is -1.46. The van der Waals surface area contributed by atoms with Crippen molar-refractivity contribution in [2.75, 3.05) is 12.0 Å². The molecule has 0 aromatic heterocycles. The molecular weight excluding hydrogens is 450 g/mol. The minimum atomic E-state index is -1.11. The summed E-state index contributed by atoms with van der Waals surface area (Å²) >= 11 is 0. The lowest BCUT2D eigenvalue weighted by Gasteiger charge is -2.37. The first-order valence-electron chi connectivity index (χ1n) is 12.3. The molecule has 1 saturated carbocycles. The van der Waals surface area contributed by atoms with Crippen molar-refractivity contribution in [1.29, 1.82) is 0 Å². The maximum atomic E-state index is 14.5. The standard InChI is InChI=1S/C31H27NO4/c1-4-31-24(20-13-9-6-10-14-20)23(19-11-7-5-8-12-19)30(2,29(31)35)25-26(31)28(34)32(27(25)33)21-15-17-22(36-3)18-16-21/h5-18,25-26H,4H2,1-3H3/t25-,26+,30+,31-/m1/s1. The Hall–Kier alpha value is -3.99. The van der Waals surface area contributed by atoms with Crippen LogP contribution < -0.4 is 9.64 Å².